The van der Waals surface area contributed by atoms with Gasteiger partial charge < -0.3 is 5.11 Å². The van der Waals surface area contributed by atoms with Crippen LogP contribution in [0, 0.1) is 0 Å². The molecule has 2 atom stereocenters. The summed E-state index contributed by atoms with van der Waals surface area (Å²) in [6.45, 7) is 1.46. The first-order valence-electron chi connectivity index (χ1n) is 6.45. The minimum absolute atomic E-state index is 0.555. The van der Waals surface area contributed by atoms with E-state index in [1.807, 2.05) is 42.5 Å². The monoisotopic (exact) mass is 368 g/mol. The molecule has 3 nitrogen and oxygen atoms in total. The molecule has 2 rings (SSSR count). The minimum atomic E-state index is -3.45. The molecule has 0 amide bonds. The number of hydrogen-bond donors (Lipinski definition) is 1. The number of rotatable bonds is 4. The number of halogens is 1. The van der Waals surface area contributed by atoms with E-state index in [0.29, 0.717) is 5.56 Å². The fourth-order valence-corrected chi connectivity index (χ4v) is 2.79. The van der Waals surface area contributed by atoms with E-state index in [2.05, 4.69) is 15.9 Å². The van der Waals surface area contributed by atoms with Gasteiger partial charge in [0.05, 0.1) is 0 Å². The SMILES string of the molecule is C[C@](Br)([C@@H](O)c1ccc(-c2ccccc2)cc1)S(C)(=O)=O. The molecule has 0 aromatic heterocycles. The molecule has 0 saturated carbocycles. The third kappa shape index (κ3) is 3.36. The topological polar surface area (TPSA) is 54.4 Å². The Bertz CT molecular complexity index is 707. The van der Waals surface area contributed by atoms with E-state index in [9.17, 15) is 13.5 Å². The van der Waals surface area contributed by atoms with Crippen LogP contribution in [-0.2, 0) is 9.84 Å². The lowest BCUT2D eigenvalue weighted by Gasteiger charge is -2.27. The highest BCUT2D eigenvalue weighted by Gasteiger charge is 2.41. The number of sulfone groups is 1. The van der Waals surface area contributed by atoms with E-state index >= 15 is 0 Å². The Labute approximate surface area is 133 Å². The molecular formula is C16H17BrO3S. The molecule has 0 spiro atoms. The van der Waals surface area contributed by atoms with Crippen molar-refractivity contribution < 1.29 is 13.5 Å². The van der Waals surface area contributed by atoms with E-state index in [1.54, 1.807) is 12.1 Å². The van der Waals surface area contributed by atoms with Crippen LogP contribution < -0.4 is 0 Å². The summed E-state index contributed by atoms with van der Waals surface area (Å²) in [7, 11) is -3.45. The van der Waals surface area contributed by atoms with E-state index in [0.717, 1.165) is 17.4 Å². The van der Waals surface area contributed by atoms with E-state index < -0.39 is 19.6 Å². The number of aliphatic hydroxyl groups is 1. The van der Waals surface area contributed by atoms with Crippen molar-refractivity contribution in [2.75, 3.05) is 6.26 Å². The number of aliphatic hydroxyl groups excluding tert-OH is 1. The van der Waals surface area contributed by atoms with Gasteiger partial charge in [-0.3, -0.25) is 0 Å². The molecule has 0 heterocycles. The molecule has 5 heteroatoms. The largest absolute Gasteiger partial charge is 0.386 e. The highest BCUT2D eigenvalue weighted by Crippen LogP contribution is 2.38. The molecule has 21 heavy (non-hydrogen) atoms. The maximum atomic E-state index is 11.7. The van der Waals surface area contributed by atoms with E-state index in [4.69, 9.17) is 0 Å². The average molecular weight is 369 g/mol. The van der Waals surface area contributed by atoms with Gasteiger partial charge in [-0.25, -0.2) is 8.42 Å². The first-order valence-corrected chi connectivity index (χ1v) is 9.14. The van der Waals surface area contributed by atoms with Crippen molar-refractivity contribution in [3.05, 3.63) is 60.2 Å². The summed E-state index contributed by atoms with van der Waals surface area (Å²) in [5, 5.41) is 10.3. The Balaban J connectivity index is 2.32. The van der Waals surface area contributed by atoms with Crippen LogP contribution >= 0.6 is 15.9 Å². The van der Waals surface area contributed by atoms with Gasteiger partial charge in [0.25, 0.3) is 0 Å². The highest BCUT2D eigenvalue weighted by atomic mass is 79.9. The number of hydrogen-bond acceptors (Lipinski definition) is 3. The van der Waals surface area contributed by atoms with Crippen molar-refractivity contribution in [1.29, 1.82) is 0 Å². The normalized spacial score (nSPS) is 16.2. The van der Waals surface area contributed by atoms with Gasteiger partial charge in [-0.2, -0.15) is 0 Å². The summed E-state index contributed by atoms with van der Waals surface area (Å²) in [4.78, 5) is 0. The summed E-state index contributed by atoms with van der Waals surface area (Å²) >= 11 is 3.13. The smallest absolute Gasteiger partial charge is 0.165 e. The summed E-state index contributed by atoms with van der Waals surface area (Å²) in [6.07, 6.45) is -0.0409. The molecule has 0 aliphatic heterocycles. The van der Waals surface area contributed by atoms with Crippen molar-refractivity contribution in [2.45, 2.75) is 16.7 Å². The predicted octanol–water partition coefficient (Wildman–Crippen LogP) is 3.54. The van der Waals surface area contributed by atoms with E-state index in [-0.39, 0.29) is 0 Å². The summed E-state index contributed by atoms with van der Waals surface area (Å²) in [5.74, 6) is 0. The molecule has 0 saturated heterocycles. The molecule has 2 aromatic carbocycles. The van der Waals surface area contributed by atoms with Gasteiger partial charge in [-0.1, -0.05) is 70.5 Å². The average Bonchev–Trinajstić information content (AvgIpc) is 2.46. The van der Waals surface area contributed by atoms with Crippen LogP contribution in [0.1, 0.15) is 18.6 Å². The van der Waals surface area contributed by atoms with Crippen molar-refractivity contribution >= 4 is 25.8 Å². The lowest BCUT2D eigenvalue weighted by atomic mass is 10.0. The lowest BCUT2D eigenvalue weighted by Crippen LogP contribution is -2.34. The van der Waals surface area contributed by atoms with Crippen molar-refractivity contribution in [1.82, 2.24) is 0 Å². The number of benzene rings is 2. The maximum absolute atomic E-state index is 11.7. The van der Waals surface area contributed by atoms with Crippen molar-refractivity contribution in [2.24, 2.45) is 0 Å². The molecule has 0 aliphatic carbocycles. The second kappa shape index (κ2) is 5.91. The van der Waals surface area contributed by atoms with Crippen LogP contribution in [0.2, 0.25) is 0 Å². The van der Waals surface area contributed by atoms with Gasteiger partial charge in [0.2, 0.25) is 0 Å². The van der Waals surface area contributed by atoms with Crippen LogP contribution in [0.4, 0.5) is 0 Å². The zero-order valence-corrected chi connectivity index (χ0v) is 14.2. The highest BCUT2D eigenvalue weighted by molar-refractivity contribution is 9.11. The van der Waals surface area contributed by atoms with Gasteiger partial charge in [-0.05, 0) is 23.6 Å². The molecule has 1 N–H and O–H groups in total. The van der Waals surface area contributed by atoms with Crippen LogP contribution in [-0.4, -0.2) is 23.4 Å². The second-order valence-corrected chi connectivity index (χ2v) is 9.71. The van der Waals surface area contributed by atoms with Crippen LogP contribution in [0.5, 0.6) is 0 Å². The van der Waals surface area contributed by atoms with Crippen molar-refractivity contribution in [3.63, 3.8) is 0 Å². The predicted molar refractivity (Wildman–Crippen MR) is 89.0 cm³/mol. The zero-order valence-electron chi connectivity index (χ0n) is 11.8. The first kappa shape index (κ1) is 16.2. The third-order valence-electron chi connectivity index (χ3n) is 3.55. The lowest BCUT2D eigenvalue weighted by molar-refractivity contribution is 0.168. The molecular weight excluding hydrogens is 352 g/mol. The molecule has 0 unspecified atom stereocenters. The second-order valence-electron chi connectivity index (χ2n) is 5.15. The minimum Gasteiger partial charge on any atom is -0.386 e. The zero-order chi connectivity index (χ0) is 15.7. The van der Waals surface area contributed by atoms with Crippen molar-refractivity contribution in [3.8, 4) is 11.1 Å². The number of alkyl halides is 1. The Hall–Kier alpha value is -1.17. The Morgan fingerprint density at radius 3 is 1.95 bits per heavy atom. The van der Waals surface area contributed by atoms with Crippen LogP contribution in [0.15, 0.2) is 54.6 Å². The molecule has 0 fully saturated rings. The summed E-state index contributed by atoms with van der Waals surface area (Å²) in [5.41, 5.74) is 2.64. The van der Waals surface area contributed by atoms with Gasteiger partial charge in [0, 0.05) is 6.26 Å². The molecule has 0 radical (unpaired) electrons. The van der Waals surface area contributed by atoms with Crippen LogP contribution in [0.25, 0.3) is 11.1 Å². The summed E-state index contributed by atoms with van der Waals surface area (Å²) in [6, 6.07) is 17.1. The first-order chi connectivity index (χ1) is 9.73. The third-order valence-corrected chi connectivity index (χ3v) is 7.42. The maximum Gasteiger partial charge on any atom is 0.165 e. The molecule has 2 aromatic rings. The molecule has 112 valence electrons. The quantitative estimate of drug-likeness (QED) is 0.839. The molecule has 0 bridgehead atoms. The van der Waals surface area contributed by atoms with Gasteiger partial charge >= 0.3 is 0 Å². The Morgan fingerprint density at radius 1 is 1.00 bits per heavy atom. The summed E-state index contributed by atoms with van der Waals surface area (Å²) < 4.78 is 22.1. The van der Waals surface area contributed by atoms with Crippen LogP contribution in [0.3, 0.4) is 0 Å². The molecule has 0 aliphatic rings. The van der Waals surface area contributed by atoms with Gasteiger partial charge in [0.1, 0.15) is 6.10 Å². The Morgan fingerprint density at radius 2 is 1.48 bits per heavy atom. The van der Waals surface area contributed by atoms with E-state index in [1.165, 1.54) is 6.92 Å². The Kier molecular flexibility index (Phi) is 4.56. The van der Waals surface area contributed by atoms with Gasteiger partial charge in [0.15, 0.2) is 13.5 Å². The fourth-order valence-electron chi connectivity index (χ4n) is 1.99. The standard InChI is InChI=1S/C16H17BrO3S/c1-16(17,21(2,19)20)15(18)14-10-8-13(9-11-14)12-6-4-3-5-7-12/h3-11,15,18H,1-2H3/t15-,16+/m0/s1. The van der Waals surface area contributed by atoms with Gasteiger partial charge in [-0.15, -0.1) is 0 Å². The fraction of sp³-hybridized carbons (Fsp3) is 0.250.